The van der Waals surface area contributed by atoms with Gasteiger partial charge < -0.3 is 15.4 Å². The Balaban J connectivity index is 2.32. The lowest BCUT2D eigenvalue weighted by Crippen LogP contribution is -2.34. The van der Waals surface area contributed by atoms with E-state index in [2.05, 4.69) is 16.0 Å². The van der Waals surface area contributed by atoms with Gasteiger partial charge in [-0.2, -0.15) is 5.26 Å². The highest BCUT2D eigenvalue weighted by Crippen LogP contribution is 2.15. The standard InChI is InChI=1S/C22H27N5O4S/c1-5-24-19(28)17(11-23)21-27(6-2)20(29)18(32-21)12-25-15-8-7-9-16(10-15)26-22(30)31-13-14(3)4/h7-10,12,14,25H,5-6,13H2,1-4H3,(H,24,28)(H,26,30). The van der Waals surface area contributed by atoms with E-state index in [-0.39, 0.29) is 17.1 Å². The first kappa shape index (κ1) is 24.7. The Morgan fingerprint density at radius 1 is 1.28 bits per heavy atom. The molecule has 0 saturated heterocycles. The van der Waals surface area contributed by atoms with Crippen molar-refractivity contribution >= 4 is 46.5 Å². The minimum absolute atomic E-state index is 0.0958. The van der Waals surface area contributed by atoms with Crippen LogP contribution in [0.2, 0.25) is 0 Å². The minimum atomic E-state index is -0.543. The summed E-state index contributed by atoms with van der Waals surface area (Å²) >= 11 is 1.06. The summed E-state index contributed by atoms with van der Waals surface area (Å²) in [5.41, 5.74) is 0.772. The molecule has 9 nitrogen and oxygen atoms in total. The number of amides is 2. The summed E-state index contributed by atoms with van der Waals surface area (Å²) in [4.78, 5) is 36.8. The number of carbonyl (C=O) groups is 2. The van der Waals surface area contributed by atoms with Gasteiger partial charge in [-0.1, -0.05) is 19.9 Å². The van der Waals surface area contributed by atoms with E-state index >= 15 is 0 Å². The van der Waals surface area contributed by atoms with E-state index in [9.17, 15) is 19.6 Å². The van der Waals surface area contributed by atoms with Gasteiger partial charge in [-0.3, -0.25) is 19.5 Å². The average Bonchev–Trinajstić information content (AvgIpc) is 3.07. The van der Waals surface area contributed by atoms with Gasteiger partial charge in [0.05, 0.1) is 6.61 Å². The van der Waals surface area contributed by atoms with Gasteiger partial charge in [0.2, 0.25) is 0 Å². The van der Waals surface area contributed by atoms with Crippen molar-refractivity contribution in [2.24, 2.45) is 5.92 Å². The van der Waals surface area contributed by atoms with Crippen molar-refractivity contribution in [3.05, 3.63) is 43.8 Å². The van der Waals surface area contributed by atoms with Crippen LogP contribution in [0.25, 0.3) is 11.8 Å². The van der Waals surface area contributed by atoms with Crippen molar-refractivity contribution in [2.45, 2.75) is 34.2 Å². The van der Waals surface area contributed by atoms with Crippen molar-refractivity contribution in [1.82, 2.24) is 9.88 Å². The summed E-state index contributed by atoms with van der Waals surface area (Å²) < 4.78 is 7.15. The van der Waals surface area contributed by atoms with Crippen molar-refractivity contribution in [1.29, 1.82) is 5.26 Å². The highest BCUT2D eigenvalue weighted by Gasteiger charge is 2.14. The number of hydrogen-bond acceptors (Lipinski definition) is 7. The number of anilines is 2. The predicted octanol–water partition coefficient (Wildman–Crippen LogP) is 1.79. The zero-order valence-electron chi connectivity index (χ0n) is 18.5. The summed E-state index contributed by atoms with van der Waals surface area (Å²) in [6.07, 6.45) is 0.976. The van der Waals surface area contributed by atoms with Crippen LogP contribution in [0.15, 0.2) is 29.1 Å². The molecule has 0 fully saturated rings. The first-order chi connectivity index (χ1) is 15.3. The molecule has 32 heavy (non-hydrogen) atoms. The minimum Gasteiger partial charge on any atom is -0.449 e. The molecule has 0 aliphatic rings. The third kappa shape index (κ3) is 6.46. The molecule has 2 aromatic rings. The van der Waals surface area contributed by atoms with Gasteiger partial charge in [-0.05, 0) is 38.0 Å². The maximum atomic E-state index is 12.8. The smallest absolute Gasteiger partial charge is 0.411 e. The van der Waals surface area contributed by atoms with Gasteiger partial charge in [0.25, 0.3) is 11.5 Å². The maximum Gasteiger partial charge on any atom is 0.411 e. The zero-order chi connectivity index (χ0) is 23.7. The first-order valence-corrected chi connectivity index (χ1v) is 11.0. The largest absolute Gasteiger partial charge is 0.449 e. The number of rotatable bonds is 8. The predicted molar refractivity (Wildman–Crippen MR) is 126 cm³/mol. The summed E-state index contributed by atoms with van der Waals surface area (Å²) in [5, 5.41) is 17.7. The quantitative estimate of drug-likeness (QED) is 0.555. The van der Waals surface area contributed by atoms with Gasteiger partial charge in [-0.15, -0.1) is 11.3 Å². The molecule has 0 unspecified atom stereocenters. The van der Waals surface area contributed by atoms with Crippen LogP contribution in [-0.4, -0.2) is 29.7 Å². The molecule has 2 rings (SSSR count). The second-order valence-electron chi connectivity index (χ2n) is 7.15. The summed E-state index contributed by atoms with van der Waals surface area (Å²) in [6.45, 7) is 8.44. The summed E-state index contributed by atoms with van der Waals surface area (Å²) in [7, 11) is 0. The Kier molecular flexibility index (Phi) is 9.04. The van der Waals surface area contributed by atoms with E-state index in [0.717, 1.165) is 11.3 Å². The van der Waals surface area contributed by atoms with E-state index in [1.54, 1.807) is 38.1 Å². The molecular weight excluding hydrogens is 430 g/mol. The molecule has 0 radical (unpaired) electrons. The summed E-state index contributed by atoms with van der Waals surface area (Å²) in [5.74, 6) is -0.279. The molecule has 0 bridgehead atoms. The number of thiazole rings is 1. The highest BCUT2D eigenvalue weighted by atomic mass is 32.1. The van der Waals surface area contributed by atoms with Gasteiger partial charge >= 0.3 is 6.09 Å². The molecule has 0 aliphatic carbocycles. The molecule has 10 heteroatoms. The molecule has 3 N–H and O–H groups in total. The van der Waals surface area contributed by atoms with E-state index < -0.39 is 12.0 Å². The van der Waals surface area contributed by atoms with Gasteiger partial charge in [-0.25, -0.2) is 4.79 Å². The topological polar surface area (TPSA) is 125 Å². The number of nitriles is 1. The summed E-state index contributed by atoms with van der Waals surface area (Å²) in [6, 6.07) is 8.84. The Bertz CT molecular complexity index is 1190. The molecule has 0 atom stereocenters. The molecule has 2 amide bonds. The fourth-order valence-electron chi connectivity index (χ4n) is 2.67. The lowest BCUT2D eigenvalue weighted by Gasteiger charge is -2.09. The van der Waals surface area contributed by atoms with Crippen LogP contribution in [0.5, 0.6) is 0 Å². The number of carbonyl (C=O) groups excluding carboxylic acids is 2. The number of nitrogens with one attached hydrogen (secondary N) is 3. The second-order valence-corrected chi connectivity index (χ2v) is 8.18. The van der Waals surface area contributed by atoms with E-state index in [4.69, 9.17) is 4.74 Å². The number of nitrogens with zero attached hydrogens (tertiary/aromatic N) is 2. The number of ether oxygens (including phenoxy) is 1. The fourth-order valence-corrected chi connectivity index (χ4v) is 3.76. The van der Waals surface area contributed by atoms with E-state index in [0.29, 0.717) is 40.3 Å². The number of benzene rings is 1. The number of aromatic nitrogens is 1. The molecule has 1 heterocycles. The van der Waals surface area contributed by atoms with Crippen molar-refractivity contribution in [3.8, 4) is 6.07 Å². The van der Waals surface area contributed by atoms with Crippen LogP contribution < -0.4 is 30.7 Å². The van der Waals surface area contributed by atoms with Crippen LogP contribution in [0.1, 0.15) is 27.7 Å². The Morgan fingerprint density at radius 3 is 2.62 bits per heavy atom. The Labute approximate surface area is 190 Å². The van der Waals surface area contributed by atoms with Crippen LogP contribution in [0.3, 0.4) is 0 Å². The van der Waals surface area contributed by atoms with Gasteiger partial charge in [0.15, 0.2) is 5.57 Å². The molecule has 1 aromatic carbocycles. The van der Waals surface area contributed by atoms with E-state index in [1.807, 2.05) is 19.9 Å². The van der Waals surface area contributed by atoms with Crippen molar-refractivity contribution in [2.75, 3.05) is 23.8 Å². The molecule has 0 saturated carbocycles. The second kappa shape index (κ2) is 11.7. The van der Waals surface area contributed by atoms with Crippen LogP contribution in [-0.2, 0) is 16.1 Å². The molecule has 0 aliphatic heterocycles. The van der Waals surface area contributed by atoms with Crippen molar-refractivity contribution < 1.29 is 14.3 Å². The molecule has 1 aromatic heterocycles. The highest BCUT2D eigenvalue weighted by molar-refractivity contribution is 7.07. The maximum absolute atomic E-state index is 12.8. The molecule has 0 spiro atoms. The Morgan fingerprint density at radius 2 is 2.00 bits per heavy atom. The molecular formula is C22H27N5O4S. The third-order valence-electron chi connectivity index (χ3n) is 4.14. The fraction of sp³-hybridized carbons (Fsp3) is 0.364. The monoisotopic (exact) mass is 457 g/mol. The SMILES string of the molecule is CCNC(=O)C(C#N)=c1sc(=CNc2cccc(NC(=O)OCC(C)C)c2)c(=O)n1CC. The van der Waals surface area contributed by atoms with Crippen molar-refractivity contribution in [3.63, 3.8) is 0 Å². The normalized spacial score (nSPS) is 12.2. The third-order valence-corrected chi connectivity index (χ3v) is 5.27. The van der Waals surface area contributed by atoms with Crippen LogP contribution in [0, 0.1) is 17.2 Å². The number of hydrogen-bond donors (Lipinski definition) is 3. The lowest BCUT2D eigenvalue weighted by atomic mass is 10.2. The lowest BCUT2D eigenvalue weighted by molar-refractivity contribution is -0.115. The van der Waals surface area contributed by atoms with Crippen LogP contribution >= 0.6 is 11.3 Å². The molecule has 170 valence electrons. The average molecular weight is 458 g/mol. The van der Waals surface area contributed by atoms with Crippen LogP contribution in [0.4, 0.5) is 16.2 Å². The van der Waals surface area contributed by atoms with Gasteiger partial charge in [0.1, 0.15) is 15.3 Å². The zero-order valence-corrected chi connectivity index (χ0v) is 19.3. The Hall–Kier alpha value is -3.58. The van der Waals surface area contributed by atoms with Gasteiger partial charge in [0, 0.05) is 30.7 Å². The first-order valence-electron chi connectivity index (χ1n) is 10.2. The van der Waals surface area contributed by atoms with E-state index in [1.165, 1.54) is 10.8 Å².